The van der Waals surface area contributed by atoms with Gasteiger partial charge in [0, 0.05) is 24.6 Å². The SMILES string of the molecule is CCCOc1ccc([N+](=O)[O-])cc1C1Oc2nc(SC)nnc2-c2ccccc2N1C(C)=O. The van der Waals surface area contributed by atoms with Crippen LogP contribution in [-0.4, -0.2) is 38.9 Å². The highest BCUT2D eigenvalue weighted by Crippen LogP contribution is 2.45. The molecule has 2 heterocycles. The summed E-state index contributed by atoms with van der Waals surface area (Å²) in [7, 11) is 0. The molecule has 0 bridgehead atoms. The number of amides is 1. The number of thioether (sulfide) groups is 1. The van der Waals surface area contributed by atoms with Crippen LogP contribution in [0.2, 0.25) is 0 Å². The summed E-state index contributed by atoms with van der Waals surface area (Å²) in [5.41, 5.74) is 1.69. The molecule has 3 aromatic rings. The topological polar surface area (TPSA) is 121 Å². The van der Waals surface area contributed by atoms with E-state index in [2.05, 4.69) is 15.2 Å². The average Bonchev–Trinajstić information content (AvgIpc) is 2.96. The molecule has 10 nitrogen and oxygen atoms in total. The molecule has 1 unspecified atom stereocenters. The van der Waals surface area contributed by atoms with E-state index in [1.54, 1.807) is 18.2 Å². The van der Waals surface area contributed by atoms with Gasteiger partial charge in [0.25, 0.3) is 5.69 Å². The van der Waals surface area contributed by atoms with E-state index >= 15 is 0 Å². The third kappa shape index (κ3) is 4.31. The number of fused-ring (bicyclic) bond motifs is 3. The van der Waals surface area contributed by atoms with Crippen LogP contribution in [0.3, 0.4) is 0 Å². The van der Waals surface area contributed by atoms with Gasteiger partial charge in [-0.15, -0.1) is 10.2 Å². The summed E-state index contributed by atoms with van der Waals surface area (Å²) in [5.74, 6) is 0.224. The Bertz CT molecular complexity index is 1220. The quantitative estimate of drug-likeness (QED) is 0.295. The Kier molecular flexibility index (Phi) is 6.40. The van der Waals surface area contributed by atoms with Gasteiger partial charge in [-0.1, -0.05) is 36.9 Å². The van der Waals surface area contributed by atoms with Crippen LogP contribution in [0.1, 0.15) is 32.1 Å². The summed E-state index contributed by atoms with van der Waals surface area (Å²) >= 11 is 1.30. The number of benzene rings is 2. The molecule has 0 radical (unpaired) electrons. The van der Waals surface area contributed by atoms with Crippen molar-refractivity contribution in [2.24, 2.45) is 0 Å². The van der Waals surface area contributed by atoms with E-state index in [0.29, 0.717) is 40.0 Å². The first-order valence-corrected chi connectivity index (χ1v) is 11.4. The maximum atomic E-state index is 12.9. The van der Waals surface area contributed by atoms with E-state index in [1.807, 2.05) is 19.2 Å². The largest absolute Gasteiger partial charge is 0.493 e. The fourth-order valence-electron chi connectivity index (χ4n) is 3.53. The second-order valence-corrected chi connectivity index (χ2v) is 7.93. The number of rotatable bonds is 6. The monoisotopic (exact) mass is 467 g/mol. The molecule has 1 aliphatic rings. The van der Waals surface area contributed by atoms with Crippen LogP contribution in [0.15, 0.2) is 47.6 Å². The highest BCUT2D eigenvalue weighted by molar-refractivity contribution is 7.98. The number of nitro benzene ring substituents is 1. The van der Waals surface area contributed by atoms with Gasteiger partial charge in [0.15, 0.2) is 5.69 Å². The summed E-state index contributed by atoms with van der Waals surface area (Å²) in [5, 5.41) is 20.3. The number of nitrogens with zero attached hydrogens (tertiary/aromatic N) is 5. The molecule has 0 saturated carbocycles. The Balaban J connectivity index is 1.98. The van der Waals surface area contributed by atoms with E-state index in [9.17, 15) is 14.9 Å². The predicted octanol–water partition coefficient (Wildman–Crippen LogP) is 4.40. The number of nitro groups is 1. The minimum absolute atomic E-state index is 0.149. The van der Waals surface area contributed by atoms with Gasteiger partial charge in [0.2, 0.25) is 23.2 Å². The fourth-order valence-corrected chi connectivity index (χ4v) is 3.82. The van der Waals surface area contributed by atoms with Crippen molar-refractivity contribution < 1.29 is 19.2 Å². The van der Waals surface area contributed by atoms with Gasteiger partial charge in [-0.3, -0.25) is 19.8 Å². The number of carbonyl (C=O) groups is 1. The van der Waals surface area contributed by atoms with Gasteiger partial charge in [0.05, 0.1) is 22.8 Å². The second-order valence-electron chi connectivity index (χ2n) is 7.16. The lowest BCUT2D eigenvalue weighted by atomic mass is 10.1. The van der Waals surface area contributed by atoms with Gasteiger partial charge < -0.3 is 9.47 Å². The Morgan fingerprint density at radius 3 is 2.76 bits per heavy atom. The summed E-state index contributed by atoms with van der Waals surface area (Å²) in [6.45, 7) is 3.75. The maximum Gasteiger partial charge on any atom is 0.270 e. The number of hydrogen-bond donors (Lipinski definition) is 0. The Morgan fingerprint density at radius 1 is 1.27 bits per heavy atom. The lowest BCUT2D eigenvalue weighted by Crippen LogP contribution is -2.36. The van der Waals surface area contributed by atoms with Crippen molar-refractivity contribution in [3.05, 3.63) is 58.1 Å². The van der Waals surface area contributed by atoms with Crippen LogP contribution in [-0.2, 0) is 4.79 Å². The van der Waals surface area contributed by atoms with Crippen LogP contribution in [0.5, 0.6) is 11.6 Å². The molecule has 1 amide bonds. The molecule has 170 valence electrons. The average molecular weight is 468 g/mol. The van der Waals surface area contributed by atoms with Gasteiger partial charge in [-0.25, -0.2) is 0 Å². The first-order valence-electron chi connectivity index (χ1n) is 10.2. The Hall–Kier alpha value is -3.73. The number of para-hydroxylation sites is 1. The van der Waals surface area contributed by atoms with E-state index in [4.69, 9.17) is 9.47 Å². The van der Waals surface area contributed by atoms with Crippen molar-refractivity contribution in [1.29, 1.82) is 0 Å². The molecule has 1 aromatic heterocycles. The molecule has 1 atom stereocenters. The molecule has 0 spiro atoms. The van der Waals surface area contributed by atoms with Gasteiger partial charge in [-0.05, 0) is 24.8 Å². The molecular formula is C22H21N5O5S. The van der Waals surface area contributed by atoms with Crippen molar-refractivity contribution >= 4 is 29.0 Å². The number of aromatic nitrogens is 3. The van der Waals surface area contributed by atoms with Crippen molar-refractivity contribution in [3.63, 3.8) is 0 Å². The Labute approximate surface area is 194 Å². The molecule has 2 aromatic carbocycles. The summed E-state index contributed by atoms with van der Waals surface area (Å²) in [4.78, 5) is 29.9. The van der Waals surface area contributed by atoms with Gasteiger partial charge in [0.1, 0.15) is 5.75 Å². The number of carbonyl (C=O) groups excluding carboxylic acids is 1. The van der Waals surface area contributed by atoms with Crippen molar-refractivity contribution in [3.8, 4) is 22.9 Å². The third-order valence-electron chi connectivity index (χ3n) is 4.97. The van der Waals surface area contributed by atoms with Crippen molar-refractivity contribution in [1.82, 2.24) is 15.2 Å². The highest BCUT2D eigenvalue weighted by atomic mass is 32.2. The lowest BCUT2D eigenvalue weighted by Gasteiger charge is -2.30. The standard InChI is InChI=1S/C22H21N5O5S/c1-4-11-31-18-10-9-14(27(29)30)12-16(18)21-26(13(2)28)17-8-6-5-7-15(17)19-20(32-21)23-22(33-3)25-24-19/h5-10,12,21H,4,11H2,1-3H3. The molecule has 4 rings (SSSR count). The fraction of sp³-hybridized carbons (Fsp3) is 0.273. The normalized spacial score (nSPS) is 14.5. The lowest BCUT2D eigenvalue weighted by molar-refractivity contribution is -0.385. The molecular weight excluding hydrogens is 446 g/mol. The van der Waals surface area contributed by atoms with E-state index < -0.39 is 11.2 Å². The van der Waals surface area contributed by atoms with E-state index in [1.165, 1.54) is 41.8 Å². The van der Waals surface area contributed by atoms with Crippen LogP contribution in [0.25, 0.3) is 11.3 Å². The molecule has 0 N–H and O–H groups in total. The van der Waals surface area contributed by atoms with Crippen LogP contribution >= 0.6 is 11.8 Å². The number of hydrogen-bond acceptors (Lipinski definition) is 9. The molecule has 11 heteroatoms. The third-order valence-corrected chi connectivity index (χ3v) is 5.50. The highest BCUT2D eigenvalue weighted by Gasteiger charge is 2.37. The van der Waals surface area contributed by atoms with Gasteiger partial charge >= 0.3 is 0 Å². The minimum Gasteiger partial charge on any atom is -0.493 e. The molecule has 0 saturated heterocycles. The first-order chi connectivity index (χ1) is 15.9. The molecule has 33 heavy (non-hydrogen) atoms. The Morgan fingerprint density at radius 2 is 2.06 bits per heavy atom. The van der Waals surface area contributed by atoms with Crippen molar-refractivity contribution in [2.75, 3.05) is 17.8 Å². The number of ether oxygens (including phenoxy) is 2. The van der Waals surface area contributed by atoms with E-state index in [-0.39, 0.29) is 17.5 Å². The summed E-state index contributed by atoms with van der Waals surface area (Å²) in [6, 6.07) is 11.4. The minimum atomic E-state index is -1.08. The smallest absolute Gasteiger partial charge is 0.270 e. The number of non-ortho nitro benzene ring substituents is 1. The zero-order valence-corrected chi connectivity index (χ0v) is 19.0. The zero-order chi connectivity index (χ0) is 23.5. The predicted molar refractivity (Wildman–Crippen MR) is 122 cm³/mol. The first kappa shape index (κ1) is 22.5. The molecule has 0 fully saturated rings. The van der Waals surface area contributed by atoms with Gasteiger partial charge in [-0.2, -0.15) is 4.98 Å². The van der Waals surface area contributed by atoms with Crippen LogP contribution in [0, 0.1) is 10.1 Å². The molecule has 0 aliphatic carbocycles. The van der Waals surface area contributed by atoms with E-state index in [0.717, 1.165) is 6.42 Å². The maximum absolute atomic E-state index is 12.9. The van der Waals surface area contributed by atoms with Crippen LogP contribution < -0.4 is 14.4 Å². The number of anilines is 1. The second kappa shape index (κ2) is 9.41. The van der Waals surface area contributed by atoms with Crippen LogP contribution in [0.4, 0.5) is 11.4 Å². The summed E-state index contributed by atoms with van der Waals surface area (Å²) in [6.07, 6.45) is 1.46. The summed E-state index contributed by atoms with van der Waals surface area (Å²) < 4.78 is 12.1. The molecule has 1 aliphatic heterocycles. The zero-order valence-electron chi connectivity index (χ0n) is 18.2. The van der Waals surface area contributed by atoms with Crippen molar-refractivity contribution in [2.45, 2.75) is 31.7 Å².